The van der Waals surface area contributed by atoms with Crippen molar-refractivity contribution in [1.82, 2.24) is 19.9 Å². The van der Waals surface area contributed by atoms with E-state index in [2.05, 4.69) is 19.9 Å². The van der Waals surface area contributed by atoms with E-state index < -0.39 is 10.0 Å². The van der Waals surface area contributed by atoms with Crippen LogP contribution < -0.4 is 19.8 Å². The number of hydrogen-bond donors (Lipinski definition) is 3. The lowest BCUT2D eigenvalue weighted by Gasteiger charge is -2.10. The van der Waals surface area contributed by atoms with Gasteiger partial charge in [0.25, 0.3) is 5.56 Å². The maximum Gasteiger partial charge on any atom is 0.251 e. The van der Waals surface area contributed by atoms with Crippen LogP contribution in [0.4, 0.5) is 0 Å². The second-order valence-electron chi connectivity index (χ2n) is 6.33. The molecule has 28 heavy (non-hydrogen) atoms. The quantitative estimate of drug-likeness (QED) is 0.545. The van der Waals surface area contributed by atoms with Gasteiger partial charge in [-0.2, -0.15) is 5.10 Å². The van der Waals surface area contributed by atoms with Crippen molar-refractivity contribution in [2.24, 2.45) is 0 Å². The van der Waals surface area contributed by atoms with Crippen molar-refractivity contribution < 1.29 is 17.9 Å². The van der Waals surface area contributed by atoms with Gasteiger partial charge in [-0.15, -0.1) is 0 Å². The monoisotopic (exact) mass is 406 g/mol. The molecule has 0 bridgehead atoms. The molecule has 0 spiro atoms. The number of aromatic nitrogens is 3. The van der Waals surface area contributed by atoms with Crippen LogP contribution in [0.5, 0.6) is 11.5 Å². The van der Waals surface area contributed by atoms with Crippen molar-refractivity contribution in [2.75, 3.05) is 20.8 Å². The van der Waals surface area contributed by atoms with E-state index >= 15 is 0 Å². The third-order valence-corrected chi connectivity index (χ3v) is 6.16. The third kappa shape index (κ3) is 3.73. The van der Waals surface area contributed by atoms with E-state index in [9.17, 15) is 13.2 Å². The van der Waals surface area contributed by atoms with Gasteiger partial charge in [0, 0.05) is 23.6 Å². The van der Waals surface area contributed by atoms with Crippen molar-refractivity contribution in [1.29, 1.82) is 0 Å². The fourth-order valence-electron chi connectivity index (χ4n) is 3.10. The zero-order valence-corrected chi connectivity index (χ0v) is 16.9. The molecule has 3 N–H and O–H groups in total. The zero-order valence-electron chi connectivity index (χ0n) is 16.0. The summed E-state index contributed by atoms with van der Waals surface area (Å²) >= 11 is 0. The number of nitrogens with zero attached hydrogens (tertiary/aromatic N) is 1. The summed E-state index contributed by atoms with van der Waals surface area (Å²) in [5.41, 5.74) is 1.57. The molecule has 10 heteroatoms. The Kier molecular flexibility index (Phi) is 5.43. The molecule has 0 saturated heterocycles. The van der Waals surface area contributed by atoms with Crippen molar-refractivity contribution in [3.63, 3.8) is 0 Å². The first kappa shape index (κ1) is 19.9. The van der Waals surface area contributed by atoms with Crippen molar-refractivity contribution in [3.05, 3.63) is 45.5 Å². The van der Waals surface area contributed by atoms with Gasteiger partial charge in [-0.05, 0) is 32.4 Å². The smallest absolute Gasteiger partial charge is 0.251 e. The summed E-state index contributed by atoms with van der Waals surface area (Å²) < 4.78 is 38.1. The van der Waals surface area contributed by atoms with E-state index in [1.54, 1.807) is 39.2 Å². The lowest BCUT2D eigenvalue weighted by atomic mass is 10.1. The second kappa shape index (κ2) is 7.64. The standard InChI is InChI=1S/C18H22N4O5S/c1-10-17(11(2)22-21-10)28(24,25)19-6-5-12-7-13-8-14(26-3)9-15(27-4)16(13)20-18(12)23/h7-9,19H,5-6H2,1-4H3,(H,20,23)(H,21,22). The number of sulfonamides is 1. The largest absolute Gasteiger partial charge is 0.497 e. The van der Waals surface area contributed by atoms with Gasteiger partial charge < -0.3 is 14.5 Å². The Morgan fingerprint density at radius 3 is 2.50 bits per heavy atom. The highest BCUT2D eigenvalue weighted by atomic mass is 32.2. The summed E-state index contributed by atoms with van der Waals surface area (Å²) in [4.78, 5) is 15.3. The van der Waals surface area contributed by atoms with Gasteiger partial charge in [0.1, 0.15) is 16.4 Å². The minimum absolute atomic E-state index is 0.0715. The van der Waals surface area contributed by atoms with Gasteiger partial charge in [0.15, 0.2) is 0 Å². The van der Waals surface area contributed by atoms with Gasteiger partial charge in [-0.3, -0.25) is 9.89 Å². The Hall–Kier alpha value is -2.85. The molecular weight excluding hydrogens is 384 g/mol. The van der Waals surface area contributed by atoms with Gasteiger partial charge in [0.2, 0.25) is 10.0 Å². The molecule has 2 heterocycles. The summed E-state index contributed by atoms with van der Waals surface area (Å²) in [6.07, 6.45) is 0.222. The maximum atomic E-state index is 12.5. The molecule has 0 atom stereocenters. The molecular formula is C18H22N4O5S. The molecule has 2 aromatic heterocycles. The molecule has 0 amide bonds. The Morgan fingerprint density at radius 2 is 1.89 bits per heavy atom. The van der Waals surface area contributed by atoms with Crippen LogP contribution in [0.1, 0.15) is 17.0 Å². The molecule has 9 nitrogen and oxygen atoms in total. The van der Waals surface area contributed by atoms with E-state index in [1.165, 1.54) is 7.11 Å². The predicted molar refractivity (Wildman–Crippen MR) is 105 cm³/mol. The molecule has 0 unspecified atom stereocenters. The van der Waals surface area contributed by atoms with E-state index in [1.807, 2.05) is 0 Å². The average molecular weight is 406 g/mol. The van der Waals surface area contributed by atoms with Crippen LogP contribution in [-0.4, -0.2) is 44.4 Å². The van der Waals surface area contributed by atoms with Crippen molar-refractivity contribution in [2.45, 2.75) is 25.2 Å². The molecule has 0 aliphatic rings. The molecule has 150 valence electrons. The van der Waals surface area contributed by atoms with Crippen LogP contribution >= 0.6 is 0 Å². The maximum absolute atomic E-state index is 12.5. The first-order valence-electron chi connectivity index (χ1n) is 8.56. The average Bonchev–Trinajstić information content (AvgIpc) is 3.00. The van der Waals surface area contributed by atoms with Gasteiger partial charge in [-0.25, -0.2) is 13.1 Å². The number of aryl methyl sites for hydroxylation is 2. The van der Waals surface area contributed by atoms with Crippen molar-refractivity contribution >= 4 is 20.9 Å². The number of rotatable bonds is 7. The van der Waals surface area contributed by atoms with E-state index in [0.29, 0.717) is 34.0 Å². The fraction of sp³-hybridized carbons (Fsp3) is 0.333. The summed E-state index contributed by atoms with van der Waals surface area (Å²) in [5.74, 6) is 1.08. The number of H-pyrrole nitrogens is 2. The minimum atomic E-state index is -3.72. The molecule has 3 aromatic rings. The predicted octanol–water partition coefficient (Wildman–Crippen LogP) is 1.41. The number of hydrogen-bond acceptors (Lipinski definition) is 6. The number of fused-ring (bicyclic) bond motifs is 1. The highest BCUT2D eigenvalue weighted by Gasteiger charge is 2.21. The van der Waals surface area contributed by atoms with E-state index in [4.69, 9.17) is 9.47 Å². The highest BCUT2D eigenvalue weighted by molar-refractivity contribution is 7.89. The normalized spacial score (nSPS) is 11.7. The topological polar surface area (TPSA) is 126 Å². The first-order valence-corrected chi connectivity index (χ1v) is 10.0. The number of benzene rings is 1. The molecule has 0 aliphatic carbocycles. The number of methoxy groups -OCH3 is 2. The first-order chi connectivity index (χ1) is 13.3. The van der Waals surface area contributed by atoms with Crippen LogP contribution in [0.3, 0.4) is 0 Å². The van der Waals surface area contributed by atoms with Crippen LogP contribution in [-0.2, 0) is 16.4 Å². The molecule has 0 fully saturated rings. The summed E-state index contributed by atoms with van der Waals surface area (Å²) in [6.45, 7) is 3.33. The Bertz CT molecular complexity index is 1160. The highest BCUT2D eigenvalue weighted by Crippen LogP contribution is 2.29. The van der Waals surface area contributed by atoms with Crippen LogP contribution in [0.15, 0.2) is 27.9 Å². The summed E-state index contributed by atoms with van der Waals surface area (Å²) in [5, 5.41) is 7.29. The van der Waals surface area contributed by atoms with Crippen LogP contribution in [0.2, 0.25) is 0 Å². The lowest BCUT2D eigenvalue weighted by Crippen LogP contribution is -2.28. The number of ether oxygens (including phenoxy) is 2. The van der Waals surface area contributed by atoms with Crippen LogP contribution in [0.25, 0.3) is 10.9 Å². The second-order valence-corrected chi connectivity index (χ2v) is 8.03. The third-order valence-electron chi connectivity index (χ3n) is 4.44. The van der Waals surface area contributed by atoms with Gasteiger partial charge in [0.05, 0.1) is 31.1 Å². The molecule has 3 rings (SSSR count). The zero-order chi connectivity index (χ0) is 20.5. The van der Waals surface area contributed by atoms with E-state index in [-0.39, 0.29) is 23.4 Å². The van der Waals surface area contributed by atoms with Crippen LogP contribution in [0, 0.1) is 13.8 Å². The van der Waals surface area contributed by atoms with Crippen molar-refractivity contribution in [3.8, 4) is 11.5 Å². The summed E-state index contributed by atoms with van der Waals surface area (Å²) in [6, 6.07) is 5.17. The lowest BCUT2D eigenvalue weighted by molar-refractivity contribution is 0.397. The minimum Gasteiger partial charge on any atom is -0.497 e. The fourth-order valence-corrected chi connectivity index (χ4v) is 4.50. The van der Waals surface area contributed by atoms with Gasteiger partial charge >= 0.3 is 0 Å². The molecule has 0 aliphatic heterocycles. The summed E-state index contributed by atoms with van der Waals surface area (Å²) in [7, 11) is -0.669. The Labute approximate surface area is 162 Å². The SMILES string of the molecule is COc1cc(OC)c2[nH]c(=O)c(CCNS(=O)(=O)c3c(C)n[nH]c3C)cc2c1. The van der Waals surface area contributed by atoms with Gasteiger partial charge in [-0.1, -0.05) is 0 Å². The number of aromatic amines is 2. The Morgan fingerprint density at radius 1 is 1.14 bits per heavy atom. The molecule has 0 saturated carbocycles. The molecule has 1 aromatic carbocycles. The molecule has 0 radical (unpaired) electrons. The number of pyridine rings is 1. The number of nitrogens with one attached hydrogen (secondary N) is 3. The Balaban J connectivity index is 1.85. The van der Waals surface area contributed by atoms with E-state index in [0.717, 1.165) is 5.39 Å².